The Balaban J connectivity index is 1.87. The Morgan fingerprint density at radius 2 is 1.83 bits per heavy atom. The number of hydrogen-bond acceptors (Lipinski definition) is 4. The van der Waals surface area contributed by atoms with E-state index < -0.39 is 12.0 Å². The number of urea groups is 2. The van der Waals surface area contributed by atoms with Crippen molar-refractivity contribution in [1.82, 2.24) is 10.2 Å². The van der Waals surface area contributed by atoms with E-state index in [-0.39, 0.29) is 24.6 Å². The molecule has 0 spiro atoms. The zero-order chi connectivity index (χ0) is 26.4. The lowest BCUT2D eigenvalue weighted by molar-refractivity contribution is -0.140. The number of ether oxygens (including phenoxy) is 1. The number of anilines is 2. The number of allylic oxidation sites excluding steroid dienone is 1. The lowest BCUT2D eigenvalue weighted by Crippen LogP contribution is -2.48. The molecular formula is C28H36N4O4. The Morgan fingerprint density at radius 1 is 1.08 bits per heavy atom. The third-order valence-corrected chi connectivity index (χ3v) is 5.92. The van der Waals surface area contributed by atoms with Crippen LogP contribution in [0, 0.1) is 19.8 Å². The average Bonchev–Trinajstić information content (AvgIpc) is 2.82. The van der Waals surface area contributed by atoms with Crippen molar-refractivity contribution in [2.45, 2.75) is 54.0 Å². The van der Waals surface area contributed by atoms with E-state index in [1.807, 2.05) is 58.9 Å². The average molecular weight is 493 g/mol. The van der Waals surface area contributed by atoms with Gasteiger partial charge in [-0.2, -0.15) is 0 Å². The first-order valence-electron chi connectivity index (χ1n) is 12.3. The Bertz CT molecular complexity index is 1170. The van der Waals surface area contributed by atoms with Gasteiger partial charge in [-0.05, 0) is 62.4 Å². The van der Waals surface area contributed by atoms with E-state index in [1.54, 1.807) is 30.0 Å². The molecule has 3 rings (SSSR count). The van der Waals surface area contributed by atoms with Gasteiger partial charge in [-0.15, -0.1) is 0 Å². The summed E-state index contributed by atoms with van der Waals surface area (Å²) < 4.78 is 5.55. The van der Waals surface area contributed by atoms with Crippen LogP contribution in [-0.4, -0.2) is 36.1 Å². The van der Waals surface area contributed by atoms with Crippen molar-refractivity contribution in [2.24, 2.45) is 5.92 Å². The molecule has 192 valence electrons. The van der Waals surface area contributed by atoms with Gasteiger partial charge in [-0.3, -0.25) is 4.90 Å². The molecule has 4 amide bonds. The number of rotatable bonds is 8. The monoisotopic (exact) mass is 492 g/mol. The maximum atomic E-state index is 13.1. The number of nitrogens with one attached hydrogen (secondary N) is 3. The molecule has 0 bridgehead atoms. The summed E-state index contributed by atoms with van der Waals surface area (Å²) in [5.74, 6) is -0.278. The quantitative estimate of drug-likeness (QED) is 0.400. The van der Waals surface area contributed by atoms with E-state index in [9.17, 15) is 14.4 Å². The summed E-state index contributed by atoms with van der Waals surface area (Å²) in [7, 11) is 0. The molecule has 2 aromatic rings. The van der Waals surface area contributed by atoms with Crippen molar-refractivity contribution < 1.29 is 19.1 Å². The van der Waals surface area contributed by atoms with E-state index in [0.29, 0.717) is 29.1 Å². The smallest absolute Gasteiger partial charge is 0.338 e. The zero-order valence-corrected chi connectivity index (χ0v) is 21.9. The molecule has 2 aromatic carbocycles. The van der Waals surface area contributed by atoms with Gasteiger partial charge in [0.25, 0.3) is 0 Å². The SMILES string of the molecule is CCCN1C(=O)N[C@H](c2cccc(NC(=O)Nc3ccc(C)cc3C)c2)C(C(=O)OCC(C)C)=C1C. The van der Waals surface area contributed by atoms with Gasteiger partial charge < -0.3 is 20.7 Å². The minimum atomic E-state index is -0.700. The van der Waals surface area contributed by atoms with Crippen molar-refractivity contribution in [2.75, 3.05) is 23.8 Å². The predicted octanol–water partition coefficient (Wildman–Crippen LogP) is 5.90. The summed E-state index contributed by atoms with van der Waals surface area (Å²) in [6, 6.07) is 11.5. The number of carbonyl (C=O) groups excluding carboxylic acids is 3. The normalized spacial score (nSPS) is 15.6. The first-order valence-corrected chi connectivity index (χ1v) is 12.3. The van der Waals surface area contributed by atoms with Crippen molar-refractivity contribution in [3.05, 3.63) is 70.4 Å². The van der Waals surface area contributed by atoms with Crippen LogP contribution in [-0.2, 0) is 9.53 Å². The molecule has 0 saturated heterocycles. The molecular weight excluding hydrogens is 456 g/mol. The highest BCUT2D eigenvalue weighted by Gasteiger charge is 2.36. The summed E-state index contributed by atoms with van der Waals surface area (Å²) >= 11 is 0. The molecule has 1 heterocycles. The number of nitrogens with zero attached hydrogens (tertiary/aromatic N) is 1. The highest BCUT2D eigenvalue weighted by atomic mass is 16.5. The van der Waals surface area contributed by atoms with E-state index in [0.717, 1.165) is 23.2 Å². The molecule has 1 aliphatic rings. The topological polar surface area (TPSA) is 99.8 Å². The number of amides is 4. The van der Waals surface area contributed by atoms with Crippen molar-refractivity contribution in [1.29, 1.82) is 0 Å². The molecule has 1 atom stereocenters. The van der Waals surface area contributed by atoms with Crippen LogP contribution < -0.4 is 16.0 Å². The lowest BCUT2D eigenvalue weighted by Gasteiger charge is -2.35. The summed E-state index contributed by atoms with van der Waals surface area (Å²) in [4.78, 5) is 40.3. The standard InChI is InChI=1S/C28H36N4O4/c1-7-13-32-20(6)24(26(33)36-16-17(2)3)25(31-28(32)35)21-9-8-10-22(15-21)29-27(34)30-23-12-11-18(4)14-19(23)5/h8-12,14-15,17,25H,7,13,16H2,1-6H3,(H,31,35)(H2,29,30,34)/t25-/m1/s1. The number of carbonyl (C=O) groups is 3. The van der Waals surface area contributed by atoms with E-state index >= 15 is 0 Å². The third-order valence-electron chi connectivity index (χ3n) is 5.92. The lowest BCUT2D eigenvalue weighted by atomic mass is 9.94. The number of aryl methyl sites for hydroxylation is 2. The molecule has 1 aliphatic heterocycles. The summed E-state index contributed by atoms with van der Waals surface area (Å²) in [5.41, 5.74) is 4.96. The molecule has 0 unspecified atom stereocenters. The predicted molar refractivity (Wildman–Crippen MR) is 142 cm³/mol. The fraction of sp³-hybridized carbons (Fsp3) is 0.393. The van der Waals surface area contributed by atoms with E-state index in [4.69, 9.17) is 4.74 Å². The van der Waals surface area contributed by atoms with Crippen molar-refractivity contribution in [3.8, 4) is 0 Å². The van der Waals surface area contributed by atoms with Gasteiger partial charge in [0.15, 0.2) is 0 Å². The first-order chi connectivity index (χ1) is 17.1. The molecule has 8 heteroatoms. The Morgan fingerprint density at radius 3 is 2.50 bits per heavy atom. The molecule has 0 aliphatic carbocycles. The van der Waals surface area contributed by atoms with Crippen LogP contribution >= 0.6 is 0 Å². The van der Waals surface area contributed by atoms with Crippen LogP contribution in [0.25, 0.3) is 0 Å². The zero-order valence-electron chi connectivity index (χ0n) is 21.9. The van der Waals surface area contributed by atoms with Crippen LogP contribution in [0.4, 0.5) is 21.0 Å². The van der Waals surface area contributed by atoms with Gasteiger partial charge in [-0.25, -0.2) is 14.4 Å². The summed E-state index contributed by atoms with van der Waals surface area (Å²) in [6.07, 6.45) is 0.749. The second kappa shape index (κ2) is 11.7. The summed E-state index contributed by atoms with van der Waals surface area (Å²) in [6.45, 7) is 12.4. The second-order valence-electron chi connectivity index (χ2n) is 9.55. The molecule has 0 aromatic heterocycles. The van der Waals surface area contributed by atoms with Gasteiger partial charge in [0.05, 0.1) is 18.2 Å². The van der Waals surface area contributed by atoms with Gasteiger partial charge in [0.1, 0.15) is 0 Å². The van der Waals surface area contributed by atoms with Gasteiger partial charge in [0.2, 0.25) is 0 Å². The summed E-state index contributed by atoms with van der Waals surface area (Å²) in [5, 5.41) is 8.65. The second-order valence-corrected chi connectivity index (χ2v) is 9.55. The van der Waals surface area contributed by atoms with Crippen molar-refractivity contribution in [3.63, 3.8) is 0 Å². The minimum Gasteiger partial charge on any atom is -0.462 e. The maximum absolute atomic E-state index is 13.1. The van der Waals surface area contributed by atoms with E-state index in [2.05, 4.69) is 16.0 Å². The molecule has 36 heavy (non-hydrogen) atoms. The third kappa shape index (κ3) is 6.44. The van der Waals surface area contributed by atoms with E-state index in [1.165, 1.54) is 0 Å². The van der Waals surface area contributed by atoms with Crippen LogP contribution in [0.3, 0.4) is 0 Å². The maximum Gasteiger partial charge on any atom is 0.338 e. The number of hydrogen-bond donors (Lipinski definition) is 3. The Kier molecular flexibility index (Phi) is 8.74. The molecule has 8 nitrogen and oxygen atoms in total. The molecule has 0 fully saturated rings. The molecule has 0 saturated carbocycles. The minimum absolute atomic E-state index is 0.182. The largest absolute Gasteiger partial charge is 0.462 e. The molecule has 0 radical (unpaired) electrons. The number of benzene rings is 2. The van der Waals surface area contributed by atoms with Crippen LogP contribution in [0.5, 0.6) is 0 Å². The molecule has 3 N–H and O–H groups in total. The van der Waals surface area contributed by atoms with Crippen molar-refractivity contribution >= 4 is 29.4 Å². The van der Waals surface area contributed by atoms with Crippen LogP contribution in [0.15, 0.2) is 53.7 Å². The highest BCUT2D eigenvalue weighted by Crippen LogP contribution is 2.32. The van der Waals surface area contributed by atoms with Gasteiger partial charge in [-0.1, -0.05) is 50.6 Å². The highest BCUT2D eigenvalue weighted by molar-refractivity contribution is 6.00. The van der Waals surface area contributed by atoms with Gasteiger partial charge >= 0.3 is 18.0 Å². The Labute approximate surface area is 213 Å². The fourth-order valence-corrected chi connectivity index (χ4v) is 4.14. The first kappa shape index (κ1) is 26.8. The van der Waals surface area contributed by atoms with Gasteiger partial charge in [0, 0.05) is 23.6 Å². The van der Waals surface area contributed by atoms with Crippen LogP contribution in [0.1, 0.15) is 56.8 Å². The Hall–Kier alpha value is -3.81. The fourth-order valence-electron chi connectivity index (χ4n) is 4.14. The van der Waals surface area contributed by atoms with Crippen LogP contribution in [0.2, 0.25) is 0 Å². The number of esters is 1.